The van der Waals surface area contributed by atoms with Crippen LogP contribution in [0.15, 0.2) is 72.9 Å². The first-order chi connectivity index (χ1) is 19.0. The van der Waals surface area contributed by atoms with Crippen LogP contribution in [0.5, 0.6) is 5.75 Å². The molecule has 3 aromatic carbocycles. The molecule has 1 aromatic heterocycles. The molecule has 4 aromatic rings. The number of benzene rings is 3. The number of nitrogens with one attached hydrogen (secondary N) is 1. The molecule has 1 heterocycles. The van der Waals surface area contributed by atoms with Crippen molar-refractivity contribution in [1.82, 2.24) is 9.88 Å². The number of amides is 1. The molecule has 1 N–H and O–H groups in total. The minimum atomic E-state index is -0.404. The first kappa shape index (κ1) is 28.0. The Morgan fingerprint density at radius 3 is 2.31 bits per heavy atom. The van der Waals surface area contributed by atoms with Crippen molar-refractivity contribution < 1.29 is 19.1 Å². The van der Waals surface area contributed by atoms with Gasteiger partial charge in [0.25, 0.3) is 5.91 Å². The Balaban J connectivity index is 1.68. The summed E-state index contributed by atoms with van der Waals surface area (Å²) in [5.41, 5.74) is 5.53. The quantitative estimate of drug-likeness (QED) is 0.216. The Bertz CT molecular complexity index is 1420. The third kappa shape index (κ3) is 6.69. The minimum Gasteiger partial charge on any atom is -0.496 e. The van der Waals surface area contributed by atoms with Crippen LogP contribution in [0.4, 0.5) is 0 Å². The number of carbonyl (C=O) groups excluding carboxylic acids is 2. The van der Waals surface area contributed by atoms with Crippen LogP contribution in [0, 0.1) is 5.92 Å². The smallest absolute Gasteiger partial charge is 0.337 e. The summed E-state index contributed by atoms with van der Waals surface area (Å²) in [6.07, 6.45) is 6.06. The van der Waals surface area contributed by atoms with Gasteiger partial charge in [-0.2, -0.15) is 0 Å². The molecule has 0 aliphatic heterocycles. The second-order valence-electron chi connectivity index (χ2n) is 9.91. The molecule has 0 atom stereocenters. The van der Waals surface area contributed by atoms with Gasteiger partial charge in [-0.1, -0.05) is 69.2 Å². The summed E-state index contributed by atoms with van der Waals surface area (Å²) in [4.78, 5) is 25.1. The van der Waals surface area contributed by atoms with Crippen LogP contribution in [0.2, 0.25) is 0 Å². The zero-order valence-electron chi connectivity index (χ0n) is 23.3. The van der Waals surface area contributed by atoms with Crippen molar-refractivity contribution in [2.75, 3.05) is 20.8 Å². The number of hydrogen-bond acceptors (Lipinski definition) is 4. The van der Waals surface area contributed by atoms with Crippen LogP contribution in [-0.2, 0) is 24.1 Å². The van der Waals surface area contributed by atoms with Gasteiger partial charge >= 0.3 is 5.97 Å². The molecule has 0 unspecified atom stereocenters. The van der Waals surface area contributed by atoms with E-state index in [0.29, 0.717) is 35.9 Å². The van der Waals surface area contributed by atoms with Gasteiger partial charge in [-0.15, -0.1) is 0 Å². The number of methoxy groups -OCH3 is 2. The average molecular weight is 527 g/mol. The molecule has 0 saturated carbocycles. The van der Waals surface area contributed by atoms with Crippen LogP contribution < -0.4 is 10.1 Å². The van der Waals surface area contributed by atoms with Gasteiger partial charge in [-0.25, -0.2) is 4.79 Å². The monoisotopic (exact) mass is 526 g/mol. The van der Waals surface area contributed by atoms with E-state index in [1.807, 2.05) is 24.3 Å². The third-order valence-electron chi connectivity index (χ3n) is 7.51. The Labute approximate surface area is 230 Å². The highest BCUT2D eigenvalue weighted by molar-refractivity contribution is 5.98. The molecule has 0 spiro atoms. The Hall–Kier alpha value is -4.06. The minimum absolute atomic E-state index is 0.0533. The van der Waals surface area contributed by atoms with Crippen molar-refractivity contribution in [1.29, 1.82) is 0 Å². The number of ether oxygens (including phenoxy) is 2. The standard InChI is InChI=1S/C33H38N2O4/c1-5-23(6-2)20-34-32(36)25-16-17-29-27(13-12-24-10-8-7-9-11-24)21-35(30(29)18-25)22-28-15-14-26(33(37)39-4)19-31(28)38-3/h7-11,14-19,21,23H,5-6,12-13,20,22H2,1-4H3,(H,34,36). The second-order valence-corrected chi connectivity index (χ2v) is 9.91. The predicted octanol–water partition coefficient (Wildman–Crippen LogP) is 6.44. The maximum Gasteiger partial charge on any atom is 0.337 e. The van der Waals surface area contributed by atoms with E-state index in [9.17, 15) is 9.59 Å². The average Bonchev–Trinajstić information content (AvgIpc) is 3.33. The van der Waals surface area contributed by atoms with E-state index < -0.39 is 5.97 Å². The zero-order valence-corrected chi connectivity index (χ0v) is 23.3. The summed E-state index contributed by atoms with van der Waals surface area (Å²) in [5.74, 6) is 0.636. The van der Waals surface area contributed by atoms with Crippen LogP contribution in [0.3, 0.4) is 0 Å². The van der Waals surface area contributed by atoms with Crippen molar-refractivity contribution in [3.63, 3.8) is 0 Å². The van der Waals surface area contributed by atoms with Gasteiger partial charge in [0.1, 0.15) is 5.75 Å². The first-order valence-electron chi connectivity index (χ1n) is 13.7. The maximum absolute atomic E-state index is 13.1. The molecule has 0 aliphatic carbocycles. The Kier molecular flexibility index (Phi) is 9.42. The lowest BCUT2D eigenvalue weighted by Crippen LogP contribution is -2.28. The second kappa shape index (κ2) is 13.1. The van der Waals surface area contributed by atoms with Gasteiger partial charge in [-0.05, 0) is 54.2 Å². The molecular weight excluding hydrogens is 488 g/mol. The Morgan fingerprint density at radius 2 is 1.62 bits per heavy atom. The topological polar surface area (TPSA) is 69.6 Å². The van der Waals surface area contributed by atoms with Crippen LogP contribution >= 0.6 is 0 Å². The number of esters is 1. The molecule has 6 nitrogen and oxygen atoms in total. The van der Waals surface area contributed by atoms with E-state index in [0.717, 1.165) is 42.1 Å². The summed E-state index contributed by atoms with van der Waals surface area (Å²) in [5, 5.41) is 4.25. The van der Waals surface area contributed by atoms with Gasteiger partial charge in [0.15, 0.2) is 0 Å². The SMILES string of the molecule is CCC(CC)CNC(=O)c1ccc2c(CCc3ccccc3)cn(Cc3ccc(C(=O)OC)cc3OC)c2c1. The van der Waals surface area contributed by atoms with Gasteiger partial charge in [0, 0.05) is 34.8 Å². The van der Waals surface area contributed by atoms with E-state index in [1.165, 1.54) is 18.2 Å². The lowest BCUT2D eigenvalue weighted by atomic mass is 10.0. The number of rotatable bonds is 12. The number of nitrogens with zero attached hydrogens (tertiary/aromatic N) is 1. The van der Waals surface area contributed by atoms with E-state index in [4.69, 9.17) is 9.47 Å². The highest BCUT2D eigenvalue weighted by Gasteiger charge is 2.16. The summed E-state index contributed by atoms with van der Waals surface area (Å²) >= 11 is 0. The zero-order chi connectivity index (χ0) is 27.8. The summed E-state index contributed by atoms with van der Waals surface area (Å²) < 4.78 is 12.7. The highest BCUT2D eigenvalue weighted by atomic mass is 16.5. The molecule has 0 fully saturated rings. The molecule has 1 amide bonds. The molecule has 0 saturated heterocycles. The first-order valence-corrected chi connectivity index (χ1v) is 13.7. The summed E-state index contributed by atoms with van der Waals surface area (Å²) in [7, 11) is 2.96. The number of aryl methyl sites for hydroxylation is 2. The van der Waals surface area contributed by atoms with Gasteiger partial charge in [-0.3, -0.25) is 4.79 Å². The van der Waals surface area contributed by atoms with Crippen molar-refractivity contribution in [3.8, 4) is 5.75 Å². The number of fused-ring (bicyclic) bond motifs is 1. The normalized spacial score (nSPS) is 11.1. The van der Waals surface area contributed by atoms with Crippen LogP contribution in [-0.4, -0.2) is 37.2 Å². The lowest BCUT2D eigenvalue weighted by molar-refractivity contribution is 0.0600. The predicted molar refractivity (Wildman–Crippen MR) is 156 cm³/mol. The van der Waals surface area contributed by atoms with Gasteiger partial charge in [0.2, 0.25) is 0 Å². The third-order valence-corrected chi connectivity index (χ3v) is 7.51. The van der Waals surface area contributed by atoms with Crippen LogP contribution in [0.25, 0.3) is 10.9 Å². The van der Waals surface area contributed by atoms with Gasteiger partial charge < -0.3 is 19.4 Å². The molecule has 4 rings (SSSR count). The van der Waals surface area contributed by atoms with Crippen molar-refractivity contribution in [3.05, 3.63) is 101 Å². The molecule has 0 bridgehead atoms. The summed E-state index contributed by atoms with van der Waals surface area (Å²) in [6.45, 7) is 5.52. The molecule has 6 heteroatoms. The molecule has 0 aliphatic rings. The molecule has 0 radical (unpaired) electrons. The van der Waals surface area contributed by atoms with Gasteiger partial charge in [0.05, 0.1) is 26.3 Å². The van der Waals surface area contributed by atoms with Crippen molar-refractivity contribution in [2.24, 2.45) is 5.92 Å². The molecular formula is C33H38N2O4. The maximum atomic E-state index is 13.1. The molecule has 204 valence electrons. The summed E-state index contributed by atoms with van der Waals surface area (Å²) in [6, 6.07) is 21.8. The fraction of sp³-hybridized carbons (Fsp3) is 0.333. The van der Waals surface area contributed by atoms with E-state index in [1.54, 1.807) is 19.2 Å². The van der Waals surface area contributed by atoms with E-state index in [-0.39, 0.29) is 5.91 Å². The molecule has 39 heavy (non-hydrogen) atoms. The Morgan fingerprint density at radius 1 is 0.872 bits per heavy atom. The van der Waals surface area contributed by atoms with E-state index in [2.05, 4.69) is 60.3 Å². The lowest BCUT2D eigenvalue weighted by Gasteiger charge is -2.14. The van der Waals surface area contributed by atoms with Crippen molar-refractivity contribution in [2.45, 2.75) is 46.1 Å². The fourth-order valence-corrected chi connectivity index (χ4v) is 4.98. The van der Waals surface area contributed by atoms with E-state index >= 15 is 0 Å². The number of aromatic nitrogens is 1. The number of carbonyl (C=O) groups is 2. The van der Waals surface area contributed by atoms with Crippen LogP contribution in [0.1, 0.15) is 64.1 Å². The highest BCUT2D eigenvalue weighted by Crippen LogP contribution is 2.28. The number of hydrogen-bond donors (Lipinski definition) is 1. The fourth-order valence-electron chi connectivity index (χ4n) is 4.98. The van der Waals surface area contributed by atoms with Crippen molar-refractivity contribution >= 4 is 22.8 Å². The largest absolute Gasteiger partial charge is 0.496 e.